The smallest absolute Gasteiger partial charge is 0.416 e. The van der Waals surface area contributed by atoms with Crippen LogP contribution >= 0.6 is 0 Å². The largest absolute Gasteiger partial charge is 0.481 e. The van der Waals surface area contributed by atoms with Gasteiger partial charge < -0.3 is 9.94 Å². The second-order valence-electron chi connectivity index (χ2n) is 5.44. The van der Waals surface area contributed by atoms with Gasteiger partial charge in [0.2, 0.25) is 0 Å². The van der Waals surface area contributed by atoms with Crippen molar-refractivity contribution in [2.24, 2.45) is 5.16 Å². The first kappa shape index (κ1) is 19.4. The molecule has 0 aliphatic carbocycles. The minimum Gasteiger partial charge on any atom is -0.481 e. The molecule has 2 aromatic rings. The van der Waals surface area contributed by atoms with Gasteiger partial charge in [-0.05, 0) is 37.1 Å². The average Bonchev–Trinajstić information content (AvgIpc) is 2.61. The molecule has 0 aliphatic heterocycles. The van der Waals surface area contributed by atoms with Crippen LogP contribution in [0.1, 0.15) is 36.0 Å². The van der Waals surface area contributed by atoms with Crippen LogP contribution in [0.2, 0.25) is 0 Å². The Balaban J connectivity index is 2.20. The summed E-state index contributed by atoms with van der Waals surface area (Å²) in [6.45, 7) is 0.163. The highest BCUT2D eigenvalue weighted by Crippen LogP contribution is 2.30. The molecule has 0 saturated carbocycles. The fraction of sp³-hybridized carbons (Fsp3) is 0.278. The molecule has 1 N–H and O–H groups in total. The highest BCUT2D eigenvalue weighted by Gasteiger charge is 2.30. The second kappa shape index (κ2) is 8.98. The molecular formula is C18H17F3N2O3. The predicted octanol–water partition coefficient (Wildman–Crippen LogP) is 4.12. The van der Waals surface area contributed by atoms with Crippen molar-refractivity contribution in [1.29, 1.82) is 0 Å². The fourth-order valence-electron chi connectivity index (χ4n) is 2.17. The van der Waals surface area contributed by atoms with Crippen LogP contribution in [0.15, 0.2) is 53.9 Å². The lowest BCUT2D eigenvalue weighted by Gasteiger charge is -2.11. The summed E-state index contributed by atoms with van der Waals surface area (Å²) in [6.07, 6.45) is -0.522. The molecule has 8 heteroatoms. The summed E-state index contributed by atoms with van der Waals surface area (Å²) in [4.78, 5) is 19.6. The number of aliphatic carboxylic acids is 1. The molecule has 0 fully saturated rings. The van der Waals surface area contributed by atoms with E-state index in [-0.39, 0.29) is 24.3 Å². The van der Waals surface area contributed by atoms with Gasteiger partial charge in [0, 0.05) is 29.9 Å². The molecule has 0 saturated heterocycles. The molecule has 26 heavy (non-hydrogen) atoms. The van der Waals surface area contributed by atoms with E-state index in [1.165, 1.54) is 18.3 Å². The standard InChI is InChI=1S/C18H17F3N2O3/c19-18(20,21)15-7-3-5-13(11-15)17(14-6-4-9-22-12-14)23-26-10-2-1-8-16(24)25/h3-7,9,11-12H,1-2,8,10H2,(H,24,25). The van der Waals surface area contributed by atoms with Crippen LogP contribution in [0.25, 0.3) is 0 Å². The molecule has 0 atom stereocenters. The Hall–Kier alpha value is -2.90. The van der Waals surface area contributed by atoms with Crippen LogP contribution in [0.5, 0.6) is 0 Å². The number of rotatable bonds is 8. The summed E-state index contributed by atoms with van der Waals surface area (Å²) >= 11 is 0. The van der Waals surface area contributed by atoms with Crippen molar-refractivity contribution in [2.45, 2.75) is 25.4 Å². The molecule has 5 nitrogen and oxygen atoms in total. The van der Waals surface area contributed by atoms with E-state index in [2.05, 4.69) is 10.1 Å². The summed E-state index contributed by atoms with van der Waals surface area (Å²) in [5, 5.41) is 12.5. The zero-order valence-corrected chi connectivity index (χ0v) is 13.7. The number of halogens is 3. The summed E-state index contributed by atoms with van der Waals surface area (Å²) in [6, 6.07) is 8.10. The molecular weight excluding hydrogens is 349 g/mol. The first-order valence-electron chi connectivity index (χ1n) is 7.87. The number of alkyl halides is 3. The number of carbonyl (C=O) groups is 1. The molecule has 1 heterocycles. The normalized spacial score (nSPS) is 12.0. The molecule has 1 aromatic heterocycles. The van der Waals surface area contributed by atoms with Gasteiger partial charge in [-0.15, -0.1) is 0 Å². The number of hydrogen-bond acceptors (Lipinski definition) is 4. The predicted molar refractivity (Wildman–Crippen MR) is 88.8 cm³/mol. The topological polar surface area (TPSA) is 71.8 Å². The lowest BCUT2D eigenvalue weighted by atomic mass is 10.0. The summed E-state index contributed by atoms with van der Waals surface area (Å²) in [7, 11) is 0. The number of nitrogens with zero attached hydrogens (tertiary/aromatic N) is 2. The van der Waals surface area contributed by atoms with E-state index in [1.807, 2.05) is 0 Å². The number of pyridine rings is 1. The number of carboxylic acid groups (broad SMARTS) is 1. The SMILES string of the molecule is O=C(O)CCCCON=C(c1cccnc1)c1cccc(C(F)(F)F)c1. The number of oxime groups is 1. The Labute approximate surface area is 148 Å². The van der Waals surface area contributed by atoms with Crippen LogP contribution in [-0.2, 0) is 15.8 Å². The number of hydrogen-bond donors (Lipinski definition) is 1. The molecule has 0 amide bonds. The number of carboxylic acids is 1. The molecule has 1 aromatic carbocycles. The Bertz CT molecular complexity index is 762. The minimum atomic E-state index is -4.46. The number of aromatic nitrogens is 1. The van der Waals surface area contributed by atoms with Gasteiger partial charge in [-0.3, -0.25) is 9.78 Å². The van der Waals surface area contributed by atoms with Crippen LogP contribution in [-0.4, -0.2) is 28.4 Å². The van der Waals surface area contributed by atoms with Gasteiger partial charge in [0.15, 0.2) is 0 Å². The maximum Gasteiger partial charge on any atom is 0.416 e. The van der Waals surface area contributed by atoms with Gasteiger partial charge in [0.05, 0.1) is 5.56 Å². The maximum atomic E-state index is 13.0. The zero-order valence-electron chi connectivity index (χ0n) is 13.7. The van der Waals surface area contributed by atoms with Crippen molar-refractivity contribution in [3.05, 3.63) is 65.5 Å². The number of benzene rings is 1. The molecule has 0 aliphatic rings. The minimum absolute atomic E-state index is 0.0240. The van der Waals surface area contributed by atoms with E-state index in [1.54, 1.807) is 18.3 Å². The van der Waals surface area contributed by atoms with Crippen LogP contribution in [0.4, 0.5) is 13.2 Å². The van der Waals surface area contributed by atoms with Gasteiger partial charge in [-0.2, -0.15) is 13.2 Å². The van der Waals surface area contributed by atoms with Gasteiger partial charge in [0.1, 0.15) is 12.3 Å². The van der Waals surface area contributed by atoms with Crippen molar-refractivity contribution >= 4 is 11.7 Å². The number of unbranched alkanes of at least 4 members (excludes halogenated alkanes) is 1. The Morgan fingerprint density at radius 2 is 1.92 bits per heavy atom. The van der Waals surface area contributed by atoms with Crippen LogP contribution in [0.3, 0.4) is 0 Å². The molecule has 2 rings (SSSR count). The van der Waals surface area contributed by atoms with Gasteiger partial charge in [-0.25, -0.2) is 0 Å². The van der Waals surface area contributed by atoms with Gasteiger partial charge >= 0.3 is 12.1 Å². The highest BCUT2D eigenvalue weighted by atomic mass is 19.4. The highest BCUT2D eigenvalue weighted by molar-refractivity contribution is 6.12. The second-order valence-corrected chi connectivity index (χ2v) is 5.44. The lowest BCUT2D eigenvalue weighted by molar-refractivity contribution is -0.138. The van der Waals surface area contributed by atoms with E-state index in [0.717, 1.165) is 12.1 Å². The summed E-state index contributed by atoms with van der Waals surface area (Å²) < 4.78 is 38.9. The monoisotopic (exact) mass is 366 g/mol. The Kier molecular flexibility index (Phi) is 6.71. The zero-order chi connectivity index (χ0) is 19.0. The molecule has 0 unspecified atom stereocenters. The quantitative estimate of drug-likeness (QED) is 0.433. The van der Waals surface area contributed by atoms with Crippen molar-refractivity contribution in [3.63, 3.8) is 0 Å². The van der Waals surface area contributed by atoms with E-state index in [9.17, 15) is 18.0 Å². The van der Waals surface area contributed by atoms with Crippen LogP contribution < -0.4 is 0 Å². The van der Waals surface area contributed by atoms with Gasteiger partial charge in [0.25, 0.3) is 0 Å². The van der Waals surface area contributed by atoms with Gasteiger partial charge in [-0.1, -0.05) is 17.3 Å². The molecule has 138 valence electrons. The van der Waals surface area contributed by atoms with Crippen molar-refractivity contribution < 1.29 is 27.9 Å². The third kappa shape index (κ3) is 5.87. The Morgan fingerprint density at radius 3 is 2.58 bits per heavy atom. The Morgan fingerprint density at radius 1 is 1.15 bits per heavy atom. The molecule has 0 radical (unpaired) electrons. The van der Waals surface area contributed by atoms with Crippen LogP contribution in [0, 0.1) is 0 Å². The fourth-order valence-corrected chi connectivity index (χ4v) is 2.17. The van der Waals surface area contributed by atoms with E-state index in [0.29, 0.717) is 18.4 Å². The van der Waals surface area contributed by atoms with E-state index >= 15 is 0 Å². The molecule has 0 spiro atoms. The first-order valence-corrected chi connectivity index (χ1v) is 7.87. The molecule has 0 bridgehead atoms. The van der Waals surface area contributed by atoms with E-state index < -0.39 is 17.7 Å². The first-order chi connectivity index (χ1) is 12.4. The maximum absolute atomic E-state index is 13.0. The summed E-state index contributed by atoms with van der Waals surface area (Å²) in [5.41, 5.74) is 0.200. The van der Waals surface area contributed by atoms with Crippen molar-refractivity contribution in [3.8, 4) is 0 Å². The van der Waals surface area contributed by atoms with E-state index in [4.69, 9.17) is 9.94 Å². The third-order valence-electron chi connectivity index (χ3n) is 3.43. The van der Waals surface area contributed by atoms with Crippen molar-refractivity contribution in [1.82, 2.24) is 4.98 Å². The average molecular weight is 366 g/mol. The lowest BCUT2D eigenvalue weighted by Crippen LogP contribution is -2.10. The third-order valence-corrected chi connectivity index (χ3v) is 3.43. The van der Waals surface area contributed by atoms with Crippen molar-refractivity contribution in [2.75, 3.05) is 6.61 Å². The summed E-state index contributed by atoms with van der Waals surface area (Å²) in [5.74, 6) is -0.895.